The molecule has 2 N–H and O–H groups in total. The van der Waals surface area contributed by atoms with Crippen molar-refractivity contribution in [3.05, 3.63) is 47.5 Å². The maximum Gasteiger partial charge on any atom is 0.126 e. The van der Waals surface area contributed by atoms with E-state index in [0.717, 1.165) is 5.69 Å². The average Bonchev–Trinajstić information content (AvgIpc) is 2.66. The second kappa shape index (κ2) is 4.86. The van der Waals surface area contributed by atoms with Crippen LogP contribution in [0.1, 0.15) is 18.2 Å². The number of aromatic nitrogens is 3. The molecule has 4 nitrogen and oxygen atoms in total. The lowest BCUT2D eigenvalue weighted by atomic mass is 9.89. The van der Waals surface area contributed by atoms with Gasteiger partial charge in [0.05, 0.1) is 5.69 Å². The Morgan fingerprint density at radius 1 is 1.33 bits per heavy atom. The van der Waals surface area contributed by atoms with Gasteiger partial charge < -0.3 is 5.73 Å². The van der Waals surface area contributed by atoms with Crippen molar-refractivity contribution in [3.63, 3.8) is 0 Å². The number of hydrogen-bond acceptors (Lipinski definition) is 3. The van der Waals surface area contributed by atoms with Gasteiger partial charge in [-0.05, 0) is 25.0 Å². The fourth-order valence-corrected chi connectivity index (χ4v) is 2.03. The molecule has 1 aromatic heterocycles. The Balaban J connectivity index is 2.10. The Bertz CT molecular complexity index is 533. The summed E-state index contributed by atoms with van der Waals surface area (Å²) in [6.45, 7) is 1.90. The predicted octanol–water partition coefficient (Wildman–Crippen LogP) is 1.46. The normalized spacial score (nSPS) is 14.4. The SMILES string of the molecule is Cn1cc(CC(C)(N)Cc2ccccc2F)nn1. The van der Waals surface area contributed by atoms with E-state index in [1.165, 1.54) is 6.07 Å². The van der Waals surface area contributed by atoms with E-state index in [1.807, 2.05) is 19.2 Å². The Labute approximate surface area is 106 Å². The van der Waals surface area contributed by atoms with Gasteiger partial charge in [-0.25, -0.2) is 4.39 Å². The van der Waals surface area contributed by atoms with Crippen LogP contribution in [0.3, 0.4) is 0 Å². The van der Waals surface area contributed by atoms with Gasteiger partial charge in [0.15, 0.2) is 0 Å². The van der Waals surface area contributed by atoms with E-state index < -0.39 is 5.54 Å². The van der Waals surface area contributed by atoms with E-state index in [0.29, 0.717) is 18.4 Å². The van der Waals surface area contributed by atoms with Gasteiger partial charge in [0.25, 0.3) is 0 Å². The quantitative estimate of drug-likeness (QED) is 0.891. The van der Waals surface area contributed by atoms with Gasteiger partial charge in [0.1, 0.15) is 5.82 Å². The summed E-state index contributed by atoms with van der Waals surface area (Å²) >= 11 is 0. The molecule has 2 aromatic rings. The van der Waals surface area contributed by atoms with Crippen molar-refractivity contribution in [2.45, 2.75) is 25.3 Å². The molecular formula is C13H17FN4. The van der Waals surface area contributed by atoms with Gasteiger partial charge in [0, 0.05) is 25.2 Å². The summed E-state index contributed by atoms with van der Waals surface area (Å²) in [5.41, 5.74) is 7.12. The first-order valence-corrected chi connectivity index (χ1v) is 5.84. The third-order valence-electron chi connectivity index (χ3n) is 2.79. The largest absolute Gasteiger partial charge is 0.325 e. The van der Waals surface area contributed by atoms with Crippen LogP contribution in [0.15, 0.2) is 30.5 Å². The summed E-state index contributed by atoms with van der Waals surface area (Å²) < 4.78 is 15.2. The van der Waals surface area contributed by atoms with Crippen LogP contribution >= 0.6 is 0 Å². The summed E-state index contributed by atoms with van der Waals surface area (Å²) in [6, 6.07) is 6.71. The van der Waals surface area contributed by atoms with Gasteiger partial charge in [-0.1, -0.05) is 23.4 Å². The maximum atomic E-state index is 13.6. The fraction of sp³-hybridized carbons (Fsp3) is 0.385. The smallest absolute Gasteiger partial charge is 0.126 e. The van der Waals surface area contributed by atoms with Gasteiger partial charge in [-0.15, -0.1) is 5.10 Å². The third-order valence-corrected chi connectivity index (χ3v) is 2.79. The number of aryl methyl sites for hydroxylation is 1. The van der Waals surface area contributed by atoms with E-state index in [-0.39, 0.29) is 5.82 Å². The number of rotatable bonds is 4. The second-order valence-corrected chi connectivity index (χ2v) is 4.98. The number of nitrogens with two attached hydrogens (primary N) is 1. The van der Waals surface area contributed by atoms with E-state index in [1.54, 1.807) is 23.9 Å². The first-order valence-electron chi connectivity index (χ1n) is 5.84. The van der Waals surface area contributed by atoms with E-state index in [9.17, 15) is 4.39 Å². The van der Waals surface area contributed by atoms with Crippen molar-refractivity contribution < 1.29 is 4.39 Å². The number of halogens is 1. The zero-order valence-corrected chi connectivity index (χ0v) is 10.6. The van der Waals surface area contributed by atoms with Gasteiger partial charge >= 0.3 is 0 Å². The maximum absolute atomic E-state index is 13.6. The molecule has 0 saturated heterocycles. The van der Waals surface area contributed by atoms with Crippen LogP contribution in [0.5, 0.6) is 0 Å². The average molecular weight is 248 g/mol. The lowest BCUT2D eigenvalue weighted by molar-refractivity contribution is 0.446. The molecule has 0 bridgehead atoms. The van der Waals surface area contributed by atoms with Crippen LogP contribution in [-0.4, -0.2) is 20.5 Å². The molecule has 18 heavy (non-hydrogen) atoms. The molecule has 1 aromatic carbocycles. The summed E-state index contributed by atoms with van der Waals surface area (Å²) in [6.07, 6.45) is 2.86. The Hall–Kier alpha value is -1.75. The monoisotopic (exact) mass is 248 g/mol. The van der Waals surface area contributed by atoms with E-state index in [4.69, 9.17) is 5.73 Å². The van der Waals surface area contributed by atoms with Crippen molar-refractivity contribution in [3.8, 4) is 0 Å². The highest BCUT2D eigenvalue weighted by Crippen LogP contribution is 2.17. The molecule has 0 saturated carbocycles. The fourth-order valence-electron chi connectivity index (χ4n) is 2.03. The minimum atomic E-state index is -0.543. The topological polar surface area (TPSA) is 56.7 Å². The first kappa shape index (κ1) is 12.7. The lowest BCUT2D eigenvalue weighted by Gasteiger charge is -2.23. The number of benzene rings is 1. The Morgan fingerprint density at radius 3 is 2.67 bits per heavy atom. The molecule has 5 heteroatoms. The molecule has 96 valence electrons. The summed E-state index contributed by atoms with van der Waals surface area (Å²) in [7, 11) is 1.81. The van der Waals surface area contributed by atoms with Crippen molar-refractivity contribution >= 4 is 0 Å². The molecule has 0 amide bonds. The molecule has 1 atom stereocenters. The zero-order valence-electron chi connectivity index (χ0n) is 10.6. The number of hydrogen-bond donors (Lipinski definition) is 1. The molecule has 1 unspecified atom stereocenters. The summed E-state index contributed by atoms with van der Waals surface area (Å²) in [5.74, 6) is -0.215. The van der Waals surface area contributed by atoms with E-state index in [2.05, 4.69) is 10.3 Å². The first-order chi connectivity index (χ1) is 8.46. The molecule has 2 rings (SSSR count). The Morgan fingerprint density at radius 2 is 2.06 bits per heavy atom. The molecule has 0 radical (unpaired) electrons. The van der Waals surface area contributed by atoms with Crippen LogP contribution < -0.4 is 5.73 Å². The lowest BCUT2D eigenvalue weighted by Crippen LogP contribution is -2.41. The predicted molar refractivity (Wildman–Crippen MR) is 67.4 cm³/mol. The highest BCUT2D eigenvalue weighted by atomic mass is 19.1. The van der Waals surface area contributed by atoms with Crippen molar-refractivity contribution in [1.82, 2.24) is 15.0 Å². The van der Waals surface area contributed by atoms with Crippen LogP contribution in [-0.2, 0) is 19.9 Å². The van der Waals surface area contributed by atoms with Crippen molar-refractivity contribution in [2.24, 2.45) is 12.8 Å². The number of nitrogens with zero attached hydrogens (tertiary/aromatic N) is 3. The highest BCUT2D eigenvalue weighted by Gasteiger charge is 2.22. The molecular weight excluding hydrogens is 231 g/mol. The van der Waals surface area contributed by atoms with Gasteiger partial charge in [-0.2, -0.15) is 0 Å². The minimum Gasteiger partial charge on any atom is -0.325 e. The summed E-state index contributed by atoms with van der Waals surface area (Å²) in [4.78, 5) is 0. The van der Waals surface area contributed by atoms with Crippen LogP contribution in [0.4, 0.5) is 4.39 Å². The molecule has 0 aliphatic carbocycles. The van der Waals surface area contributed by atoms with Crippen LogP contribution in [0.2, 0.25) is 0 Å². The van der Waals surface area contributed by atoms with Crippen molar-refractivity contribution in [2.75, 3.05) is 0 Å². The van der Waals surface area contributed by atoms with Crippen molar-refractivity contribution in [1.29, 1.82) is 0 Å². The Kier molecular flexibility index (Phi) is 3.43. The van der Waals surface area contributed by atoms with Gasteiger partial charge in [0.2, 0.25) is 0 Å². The molecule has 1 heterocycles. The van der Waals surface area contributed by atoms with Gasteiger partial charge in [-0.3, -0.25) is 4.68 Å². The minimum absolute atomic E-state index is 0.215. The third kappa shape index (κ3) is 3.13. The van der Waals surface area contributed by atoms with Crippen LogP contribution in [0, 0.1) is 5.82 Å². The molecule has 0 aliphatic heterocycles. The van der Waals surface area contributed by atoms with Crippen LogP contribution in [0.25, 0.3) is 0 Å². The second-order valence-electron chi connectivity index (χ2n) is 4.98. The molecule has 0 fully saturated rings. The highest BCUT2D eigenvalue weighted by molar-refractivity contribution is 5.20. The molecule has 0 spiro atoms. The summed E-state index contributed by atoms with van der Waals surface area (Å²) in [5, 5.41) is 7.87. The zero-order chi connectivity index (χ0) is 13.2. The standard InChI is InChI=1S/C13H17FN4/c1-13(15,8-11-9-18(2)17-16-11)7-10-5-3-4-6-12(10)14/h3-6,9H,7-8,15H2,1-2H3. The molecule has 0 aliphatic rings. The van der Waals surface area contributed by atoms with E-state index >= 15 is 0 Å².